The summed E-state index contributed by atoms with van der Waals surface area (Å²) in [6, 6.07) is 8.65. The number of allylic oxidation sites excluding steroid dienone is 4. The van der Waals surface area contributed by atoms with Gasteiger partial charge in [0, 0.05) is 73.0 Å². The molecule has 4 aromatic rings. The van der Waals surface area contributed by atoms with Crippen LogP contribution in [0.25, 0.3) is 21.5 Å². The second kappa shape index (κ2) is 18.9. The topological polar surface area (TPSA) is 336 Å². The predicted molar refractivity (Wildman–Crippen MR) is 243 cm³/mol. The Kier molecular flexibility index (Phi) is 14.7. The molecule has 0 aromatic heterocycles. The van der Waals surface area contributed by atoms with Crippen LogP contribution in [0.1, 0.15) is 76.8 Å². The number of aliphatic carboxylic acids is 1. The van der Waals surface area contributed by atoms with Crippen LogP contribution in [-0.2, 0) is 71.0 Å². The molecule has 0 amide bonds. The lowest BCUT2D eigenvalue weighted by Gasteiger charge is -2.30. The molecule has 0 saturated carbocycles. The first-order valence-corrected chi connectivity index (χ1v) is 28.2. The molecule has 2 aliphatic rings. The maximum absolute atomic E-state index is 12.6. The minimum absolute atomic E-state index is 0.00480. The largest absolute Gasteiger partial charge is 0.744 e. The number of carboxylic acid groups (broad SMARTS) is 1. The van der Waals surface area contributed by atoms with Crippen molar-refractivity contribution < 1.29 is 84.1 Å². The molecule has 0 radical (unpaired) electrons. The molecular weight excluding hydrogens is 993 g/mol. The van der Waals surface area contributed by atoms with Gasteiger partial charge < -0.3 is 33.0 Å². The summed E-state index contributed by atoms with van der Waals surface area (Å²) in [7, 11) is -24.5. The number of likely N-dealkylation sites (N-methyl/N-ethyl adjacent to an activating group) is 1. The van der Waals surface area contributed by atoms with E-state index in [1.165, 1.54) is 25.3 Å². The average molecular weight is 1040 g/mol. The summed E-state index contributed by atoms with van der Waals surface area (Å²) < 4.78 is 191. The monoisotopic (exact) mass is 1040 g/mol. The normalized spacial score (nSPS) is 19.8. The lowest BCUT2D eigenvalue weighted by molar-refractivity contribution is -0.438. The van der Waals surface area contributed by atoms with Crippen molar-refractivity contribution in [3.05, 3.63) is 83.6 Å². The number of hydrogen-bond donors (Lipinski definition) is 2. The van der Waals surface area contributed by atoms with E-state index in [9.17, 15) is 74.8 Å². The van der Waals surface area contributed by atoms with Crippen LogP contribution in [0.5, 0.6) is 0 Å². The van der Waals surface area contributed by atoms with Gasteiger partial charge in [-0.05, 0) is 117 Å². The molecule has 370 valence electrons. The quantitative estimate of drug-likeness (QED) is 0.0696. The number of ether oxygens (including phenoxy) is 1. The van der Waals surface area contributed by atoms with Crippen molar-refractivity contribution in [2.75, 3.05) is 37.5 Å². The van der Waals surface area contributed by atoms with Crippen LogP contribution in [0.4, 0.5) is 11.4 Å². The van der Waals surface area contributed by atoms with Crippen LogP contribution in [-0.4, -0.2) is 119 Å². The molecule has 25 heteroatoms. The fourth-order valence-corrected chi connectivity index (χ4v) is 12.8. The number of methoxy groups -OCH3 is 1. The van der Waals surface area contributed by atoms with Crippen LogP contribution >= 0.6 is 0 Å². The Hall–Kier alpha value is -4.67. The highest BCUT2D eigenvalue weighted by Crippen LogP contribution is 2.54. The summed E-state index contributed by atoms with van der Waals surface area (Å²) in [6.45, 7) is 5.76. The molecule has 0 spiro atoms. The van der Waals surface area contributed by atoms with Crippen LogP contribution in [0, 0.1) is 0 Å². The first-order chi connectivity index (χ1) is 31.4. The van der Waals surface area contributed by atoms with Crippen molar-refractivity contribution in [3.63, 3.8) is 0 Å². The first kappa shape index (κ1) is 52.7. The zero-order valence-electron chi connectivity index (χ0n) is 37.0. The van der Waals surface area contributed by atoms with Gasteiger partial charge in [0.2, 0.25) is 5.69 Å². The molecule has 6 rings (SSSR count). The molecule has 2 heterocycles. The highest BCUT2D eigenvalue weighted by Gasteiger charge is 2.49. The molecular formula is C43H47N2O18S5-3. The van der Waals surface area contributed by atoms with Crippen LogP contribution in [0.3, 0.4) is 0 Å². The van der Waals surface area contributed by atoms with Gasteiger partial charge in [-0.15, -0.1) is 0 Å². The van der Waals surface area contributed by atoms with Crippen molar-refractivity contribution in [1.29, 1.82) is 0 Å². The number of fused-ring (bicyclic) bond motifs is 6. The SMILES string of the molecule is CCN1C(=CC=CC2=[N+](CCCCCC(=O)O)c3ccc4c(S(=O)(=O)[O-])cc(S(=O)(=O)[O-])cc4c3C2(C)CCCS(=O)(=O)O)C(C)(CCOC)c2c1ccc1c(S(=O)(=O)[O-])cc(S(=O)(=O)[O-])cc21. The Morgan fingerprint density at radius 2 is 1.28 bits per heavy atom. The van der Waals surface area contributed by atoms with Gasteiger partial charge in [-0.2, -0.15) is 13.0 Å². The number of unbranched alkanes of at least 4 members (excludes halogenated alkanes) is 2. The Bertz CT molecular complexity index is 3420. The van der Waals surface area contributed by atoms with Crippen molar-refractivity contribution in [2.45, 2.75) is 96.1 Å². The van der Waals surface area contributed by atoms with E-state index in [-0.39, 0.29) is 72.5 Å². The third kappa shape index (κ3) is 10.4. The van der Waals surface area contributed by atoms with Crippen molar-refractivity contribution in [3.8, 4) is 0 Å². The number of anilines is 1. The molecule has 2 aliphatic heterocycles. The summed E-state index contributed by atoms with van der Waals surface area (Å²) in [6.07, 6.45) is 5.76. The zero-order chi connectivity index (χ0) is 50.6. The molecule has 2 N–H and O–H groups in total. The zero-order valence-corrected chi connectivity index (χ0v) is 41.1. The highest BCUT2D eigenvalue weighted by molar-refractivity contribution is 7.87. The smallest absolute Gasteiger partial charge is 0.303 e. The second-order valence-corrected chi connectivity index (χ2v) is 24.0. The average Bonchev–Trinajstić information content (AvgIpc) is 3.60. The molecule has 2 atom stereocenters. The van der Waals surface area contributed by atoms with Gasteiger partial charge in [0.15, 0.2) is 5.71 Å². The van der Waals surface area contributed by atoms with E-state index < -0.39 is 92.7 Å². The predicted octanol–water partition coefficient (Wildman–Crippen LogP) is 4.55. The van der Waals surface area contributed by atoms with Gasteiger partial charge in [0.1, 0.15) is 47.0 Å². The van der Waals surface area contributed by atoms with Crippen LogP contribution in [0.15, 0.2) is 92.0 Å². The van der Waals surface area contributed by atoms with Crippen molar-refractivity contribution in [1.82, 2.24) is 0 Å². The first-order valence-electron chi connectivity index (χ1n) is 20.9. The summed E-state index contributed by atoms with van der Waals surface area (Å²) in [5.41, 5.74) is -0.206. The maximum atomic E-state index is 12.6. The number of rotatable bonds is 20. The van der Waals surface area contributed by atoms with Gasteiger partial charge in [-0.3, -0.25) is 9.35 Å². The summed E-state index contributed by atoms with van der Waals surface area (Å²) in [4.78, 5) is 9.30. The third-order valence-corrected chi connectivity index (χ3v) is 16.8. The minimum atomic E-state index is -5.42. The van der Waals surface area contributed by atoms with Crippen molar-refractivity contribution in [2.24, 2.45) is 0 Å². The number of carbonyl (C=O) groups is 1. The maximum Gasteiger partial charge on any atom is 0.303 e. The van der Waals surface area contributed by atoms with Gasteiger partial charge >= 0.3 is 5.97 Å². The Balaban J connectivity index is 1.65. The standard InChI is InChI=1S/C43H50N2O18S5/c1-5-44-33-16-14-29-31(23-27(65(51,52)53)25-35(29)67(57,58)59)40(33)43(3,19-21-63-4)37(44)11-9-12-38-42(2,18-10-22-64(48,49)50)41-32-24-28(66(54,55)56)26-36(68(60,61)62)30(32)15-17-34(41)45(38)20-8-6-7-13-39(46)47/h9,11-12,14-17,23-26H,5-8,10,13,18-22H2,1-4H3,(H5-,46,47,48,49,50,51,52,53,54,55,56,57,58,59,60,61,62)/p-3. The summed E-state index contributed by atoms with van der Waals surface area (Å²) in [5.74, 6) is -1.75. The molecule has 20 nitrogen and oxygen atoms in total. The van der Waals surface area contributed by atoms with Gasteiger partial charge in [-0.1, -0.05) is 12.1 Å². The van der Waals surface area contributed by atoms with E-state index in [4.69, 9.17) is 4.74 Å². The van der Waals surface area contributed by atoms with Gasteiger partial charge in [-0.25, -0.2) is 33.7 Å². The van der Waals surface area contributed by atoms with Crippen molar-refractivity contribution >= 4 is 95.2 Å². The molecule has 4 aromatic carbocycles. The molecule has 2 unspecified atom stereocenters. The van der Waals surface area contributed by atoms with E-state index in [1.54, 1.807) is 49.6 Å². The number of carboxylic acids is 1. The van der Waals surface area contributed by atoms with Gasteiger partial charge in [0.05, 0.1) is 30.7 Å². The molecule has 0 fully saturated rings. The van der Waals surface area contributed by atoms with Crippen LogP contribution in [0.2, 0.25) is 0 Å². The molecule has 0 saturated heterocycles. The Morgan fingerprint density at radius 1 is 0.721 bits per heavy atom. The van der Waals surface area contributed by atoms with Gasteiger partial charge in [0.25, 0.3) is 10.1 Å². The molecule has 68 heavy (non-hydrogen) atoms. The van der Waals surface area contributed by atoms with E-state index in [0.29, 0.717) is 59.7 Å². The Labute approximate surface area is 394 Å². The lowest BCUT2D eigenvalue weighted by Crippen LogP contribution is -2.32. The van der Waals surface area contributed by atoms with E-state index in [0.717, 1.165) is 12.1 Å². The minimum Gasteiger partial charge on any atom is -0.744 e. The van der Waals surface area contributed by atoms with E-state index in [2.05, 4.69) is 0 Å². The van der Waals surface area contributed by atoms with E-state index >= 15 is 0 Å². The number of benzene rings is 4. The Morgan fingerprint density at radius 3 is 1.78 bits per heavy atom. The number of nitrogens with zero attached hydrogens (tertiary/aromatic N) is 2. The molecule has 0 bridgehead atoms. The highest BCUT2D eigenvalue weighted by atomic mass is 32.2. The lowest BCUT2D eigenvalue weighted by atomic mass is 9.74. The number of hydrogen-bond acceptors (Lipinski definition) is 17. The van der Waals surface area contributed by atoms with Crippen LogP contribution < -0.4 is 4.90 Å². The summed E-state index contributed by atoms with van der Waals surface area (Å²) in [5, 5.41) is 8.79. The fraction of sp³-hybridized carbons (Fsp3) is 0.395. The third-order valence-electron chi connectivity index (χ3n) is 12.6. The fourth-order valence-electron chi connectivity index (χ4n) is 9.65. The molecule has 0 aliphatic carbocycles. The summed E-state index contributed by atoms with van der Waals surface area (Å²) >= 11 is 0. The van der Waals surface area contributed by atoms with E-state index in [1.807, 2.05) is 4.90 Å². The second-order valence-electron chi connectivity index (χ2n) is 17.0.